The highest BCUT2D eigenvalue weighted by Gasteiger charge is 2.03. The minimum atomic E-state index is -0.113. The first kappa shape index (κ1) is 13.7. The second kappa shape index (κ2) is 7.02. The van der Waals surface area contributed by atoms with Crippen molar-refractivity contribution in [3.63, 3.8) is 0 Å². The number of hydrogen-bond acceptors (Lipinski definition) is 2. The van der Waals surface area contributed by atoms with Crippen LogP contribution in [0.1, 0.15) is 15.9 Å². The molecular weight excluding hydrogens is 235 g/mol. The van der Waals surface area contributed by atoms with Crippen molar-refractivity contribution in [2.45, 2.75) is 6.92 Å². The molecular formula is C12H17N2O2P. The molecule has 0 aromatic heterocycles. The van der Waals surface area contributed by atoms with Crippen LogP contribution in [0.25, 0.3) is 0 Å². The van der Waals surface area contributed by atoms with Gasteiger partial charge in [-0.1, -0.05) is 17.7 Å². The summed E-state index contributed by atoms with van der Waals surface area (Å²) in [5, 5.41) is 5.45. The van der Waals surface area contributed by atoms with Gasteiger partial charge in [0, 0.05) is 18.7 Å². The van der Waals surface area contributed by atoms with E-state index in [-0.39, 0.29) is 20.1 Å². The van der Waals surface area contributed by atoms with Gasteiger partial charge in [-0.05, 0) is 34.3 Å². The largest absolute Gasteiger partial charge is 0.351 e. The van der Waals surface area contributed by atoms with Gasteiger partial charge in [0.05, 0.1) is 0 Å². The van der Waals surface area contributed by atoms with Gasteiger partial charge in [0.15, 0.2) is 0 Å². The van der Waals surface area contributed by atoms with Crippen LogP contribution in [0.3, 0.4) is 0 Å². The first-order valence-corrected chi connectivity index (χ1v) is 6.94. The van der Waals surface area contributed by atoms with E-state index in [2.05, 4.69) is 10.6 Å². The number of carbonyl (C=O) groups is 2. The Morgan fingerprint density at radius 2 is 1.71 bits per heavy atom. The third-order valence-electron chi connectivity index (χ3n) is 2.24. The van der Waals surface area contributed by atoms with Crippen LogP contribution < -0.4 is 10.6 Å². The summed E-state index contributed by atoms with van der Waals surface area (Å²) in [7, 11) is 0.246. The third kappa shape index (κ3) is 4.96. The van der Waals surface area contributed by atoms with Crippen LogP contribution in [0.15, 0.2) is 24.3 Å². The van der Waals surface area contributed by atoms with Crippen molar-refractivity contribution in [2.75, 3.05) is 19.8 Å². The molecule has 0 heterocycles. The third-order valence-corrected chi connectivity index (χ3v) is 2.87. The highest BCUT2D eigenvalue weighted by Crippen LogP contribution is 2.03. The van der Waals surface area contributed by atoms with E-state index >= 15 is 0 Å². The molecule has 1 rings (SSSR count). The smallest absolute Gasteiger partial charge is 0.251 e. The van der Waals surface area contributed by atoms with Gasteiger partial charge in [-0.2, -0.15) is 0 Å². The van der Waals surface area contributed by atoms with E-state index in [9.17, 15) is 9.59 Å². The van der Waals surface area contributed by atoms with Gasteiger partial charge in [0.1, 0.15) is 0 Å². The zero-order chi connectivity index (χ0) is 12.7. The van der Waals surface area contributed by atoms with Crippen LogP contribution in [0.5, 0.6) is 0 Å². The summed E-state index contributed by atoms with van der Waals surface area (Å²) in [6.45, 7) is 4.71. The summed E-state index contributed by atoms with van der Waals surface area (Å²) in [5.74, 6) is -0.113. The molecule has 1 aromatic rings. The van der Waals surface area contributed by atoms with E-state index in [0.717, 1.165) is 5.56 Å². The molecule has 5 heteroatoms. The summed E-state index contributed by atoms with van der Waals surface area (Å²) in [6, 6.07) is 7.37. The molecule has 0 saturated carbocycles. The number of nitrogens with one attached hydrogen (secondary N) is 2. The monoisotopic (exact) mass is 252 g/mol. The standard InChI is InChI=1S/C12H17N2O2P/c1-9-3-5-10(6-4-9)11(15)13-7-8-14-12(16)17-2/h3-6,17H,7-8H2,1-2H3,(H,13,15)(H,14,16). The molecule has 1 aromatic carbocycles. The molecule has 0 saturated heterocycles. The highest BCUT2D eigenvalue weighted by atomic mass is 31.1. The fraction of sp³-hybridized carbons (Fsp3) is 0.333. The lowest BCUT2D eigenvalue weighted by atomic mass is 10.1. The Morgan fingerprint density at radius 3 is 2.29 bits per heavy atom. The number of hydrogen-bond donors (Lipinski definition) is 2. The highest BCUT2D eigenvalue weighted by molar-refractivity contribution is 7.56. The quantitative estimate of drug-likeness (QED) is 0.619. The van der Waals surface area contributed by atoms with Crippen molar-refractivity contribution >= 4 is 20.1 Å². The van der Waals surface area contributed by atoms with E-state index in [4.69, 9.17) is 0 Å². The average molecular weight is 252 g/mol. The number of carbonyl (C=O) groups excluding carboxylic acids is 2. The molecule has 0 aliphatic heterocycles. The molecule has 1 atom stereocenters. The van der Waals surface area contributed by atoms with Crippen LogP contribution in [0.2, 0.25) is 0 Å². The second-order valence-corrected chi connectivity index (χ2v) is 4.58. The molecule has 0 bridgehead atoms. The molecule has 0 aliphatic carbocycles. The van der Waals surface area contributed by atoms with Gasteiger partial charge in [0.2, 0.25) is 5.65 Å². The van der Waals surface area contributed by atoms with Crippen LogP contribution >= 0.6 is 8.58 Å². The topological polar surface area (TPSA) is 58.2 Å². The summed E-state index contributed by atoms with van der Waals surface area (Å²) < 4.78 is 0. The SMILES string of the molecule is CPC(=O)NCCNC(=O)c1ccc(C)cc1. The van der Waals surface area contributed by atoms with Crippen molar-refractivity contribution in [3.05, 3.63) is 35.4 Å². The van der Waals surface area contributed by atoms with E-state index < -0.39 is 0 Å². The van der Waals surface area contributed by atoms with E-state index in [1.807, 2.05) is 25.7 Å². The van der Waals surface area contributed by atoms with Crippen molar-refractivity contribution in [1.82, 2.24) is 10.6 Å². The summed E-state index contributed by atoms with van der Waals surface area (Å²) >= 11 is 0. The van der Waals surface area contributed by atoms with Gasteiger partial charge in [-0.25, -0.2) is 0 Å². The van der Waals surface area contributed by atoms with Crippen molar-refractivity contribution < 1.29 is 9.59 Å². The Hall–Kier alpha value is -1.41. The zero-order valence-corrected chi connectivity index (χ0v) is 11.0. The molecule has 0 radical (unpaired) electrons. The van der Waals surface area contributed by atoms with Crippen molar-refractivity contribution in [3.8, 4) is 0 Å². The lowest BCUT2D eigenvalue weighted by Crippen LogP contribution is -2.32. The lowest BCUT2D eigenvalue weighted by Gasteiger charge is -2.06. The van der Waals surface area contributed by atoms with Crippen molar-refractivity contribution in [1.29, 1.82) is 0 Å². The normalized spacial score (nSPS) is 10.5. The Labute approximate surface area is 103 Å². The second-order valence-electron chi connectivity index (χ2n) is 3.63. The maximum absolute atomic E-state index is 11.6. The summed E-state index contributed by atoms with van der Waals surface area (Å²) in [5.41, 5.74) is 1.78. The predicted octanol–water partition coefficient (Wildman–Crippen LogP) is 1.74. The molecule has 92 valence electrons. The maximum atomic E-state index is 11.6. The molecule has 0 spiro atoms. The van der Waals surface area contributed by atoms with Crippen LogP contribution in [0, 0.1) is 6.92 Å². The van der Waals surface area contributed by atoms with E-state index in [1.54, 1.807) is 12.1 Å². The first-order chi connectivity index (χ1) is 8.13. The molecule has 17 heavy (non-hydrogen) atoms. The zero-order valence-electron chi connectivity index (χ0n) is 10.0. The van der Waals surface area contributed by atoms with Gasteiger partial charge < -0.3 is 10.6 Å². The minimum absolute atomic E-state index is 0.0228. The predicted molar refractivity (Wildman–Crippen MR) is 71.1 cm³/mol. The van der Waals surface area contributed by atoms with Crippen molar-refractivity contribution in [2.24, 2.45) is 0 Å². The molecule has 2 amide bonds. The van der Waals surface area contributed by atoms with E-state index in [0.29, 0.717) is 18.7 Å². The first-order valence-electron chi connectivity index (χ1n) is 5.44. The van der Waals surface area contributed by atoms with Crippen LogP contribution in [0.4, 0.5) is 4.79 Å². The maximum Gasteiger partial charge on any atom is 0.251 e. The summed E-state index contributed by atoms with van der Waals surface area (Å²) in [6.07, 6.45) is 0. The Morgan fingerprint density at radius 1 is 1.12 bits per heavy atom. The molecule has 0 fully saturated rings. The molecule has 2 N–H and O–H groups in total. The van der Waals surface area contributed by atoms with Crippen LogP contribution in [-0.2, 0) is 0 Å². The Kier molecular flexibility index (Phi) is 5.64. The average Bonchev–Trinajstić information content (AvgIpc) is 2.34. The van der Waals surface area contributed by atoms with Gasteiger partial charge in [0.25, 0.3) is 5.91 Å². The fourth-order valence-corrected chi connectivity index (χ4v) is 1.55. The lowest BCUT2D eigenvalue weighted by molar-refractivity contribution is 0.0954. The Balaban J connectivity index is 2.30. The van der Waals surface area contributed by atoms with Gasteiger partial charge >= 0.3 is 0 Å². The number of amides is 2. The van der Waals surface area contributed by atoms with Gasteiger partial charge in [-0.3, -0.25) is 9.59 Å². The minimum Gasteiger partial charge on any atom is -0.351 e. The molecule has 1 unspecified atom stereocenters. The number of rotatable bonds is 5. The molecule has 4 nitrogen and oxygen atoms in total. The Bertz CT molecular complexity index is 390. The van der Waals surface area contributed by atoms with Gasteiger partial charge in [-0.15, -0.1) is 0 Å². The number of aryl methyl sites for hydroxylation is 1. The fourth-order valence-electron chi connectivity index (χ4n) is 1.25. The van der Waals surface area contributed by atoms with Crippen LogP contribution in [-0.4, -0.2) is 31.3 Å². The summed E-state index contributed by atoms with van der Waals surface area (Å²) in [4.78, 5) is 22.6. The van der Waals surface area contributed by atoms with E-state index in [1.165, 1.54) is 0 Å². The molecule has 0 aliphatic rings. The number of benzene rings is 1.